The Labute approximate surface area is 139 Å². The Morgan fingerprint density at radius 3 is 2.65 bits per heavy atom. The Bertz CT molecular complexity index is 507. The summed E-state index contributed by atoms with van der Waals surface area (Å²) in [5.74, 6) is -0.584. The fraction of sp³-hybridized carbons (Fsp3) is 0.500. The van der Waals surface area contributed by atoms with Crippen LogP contribution in [0.4, 0.5) is 0 Å². The number of carboxylic acid groups (broad SMARTS) is 1. The minimum absolute atomic E-state index is 0.178. The molecule has 0 fully saturated rings. The summed E-state index contributed by atoms with van der Waals surface area (Å²) in [6.07, 6.45) is 19.6. The van der Waals surface area contributed by atoms with Gasteiger partial charge in [0.05, 0.1) is 0 Å². The summed E-state index contributed by atoms with van der Waals surface area (Å²) in [6, 6.07) is 0. The van der Waals surface area contributed by atoms with E-state index in [1.807, 2.05) is 24.3 Å². The van der Waals surface area contributed by atoms with Crippen LogP contribution in [0.5, 0.6) is 0 Å². The number of aliphatic carboxylic acids is 1. The van der Waals surface area contributed by atoms with Gasteiger partial charge in [0.2, 0.25) is 0 Å². The maximum atomic E-state index is 12.2. The van der Waals surface area contributed by atoms with Crippen LogP contribution in [0, 0.1) is 0 Å². The first kappa shape index (κ1) is 19.1. The van der Waals surface area contributed by atoms with Gasteiger partial charge in [-0.25, -0.2) is 0 Å². The van der Waals surface area contributed by atoms with Crippen LogP contribution in [0.1, 0.15) is 64.7 Å². The zero-order chi connectivity index (χ0) is 16.9. The predicted molar refractivity (Wildman–Crippen MR) is 94.3 cm³/mol. The van der Waals surface area contributed by atoms with Gasteiger partial charge in [-0.15, -0.1) is 0 Å². The van der Waals surface area contributed by atoms with E-state index in [4.69, 9.17) is 5.11 Å². The zero-order valence-corrected chi connectivity index (χ0v) is 14.1. The molecular formula is C20H28O3. The lowest BCUT2D eigenvalue weighted by Gasteiger charge is -1.99. The molecule has 1 aliphatic rings. The van der Waals surface area contributed by atoms with Crippen LogP contribution < -0.4 is 0 Å². The van der Waals surface area contributed by atoms with Crippen molar-refractivity contribution in [3.05, 3.63) is 47.6 Å². The lowest BCUT2D eigenvalue weighted by Crippen LogP contribution is -1.99. The third-order valence-electron chi connectivity index (χ3n) is 3.79. The van der Waals surface area contributed by atoms with Crippen molar-refractivity contribution in [2.24, 2.45) is 0 Å². The van der Waals surface area contributed by atoms with Crippen molar-refractivity contribution in [3.8, 4) is 0 Å². The summed E-state index contributed by atoms with van der Waals surface area (Å²) in [5.41, 5.74) is 1.79. The summed E-state index contributed by atoms with van der Waals surface area (Å²) < 4.78 is 0. The van der Waals surface area contributed by atoms with E-state index in [2.05, 4.69) is 19.1 Å². The molecule has 23 heavy (non-hydrogen) atoms. The van der Waals surface area contributed by atoms with E-state index in [-0.39, 0.29) is 12.2 Å². The van der Waals surface area contributed by atoms with E-state index >= 15 is 0 Å². The molecule has 0 unspecified atom stereocenters. The summed E-state index contributed by atoms with van der Waals surface area (Å²) in [5, 5.41) is 8.55. The number of rotatable bonds is 11. The second-order valence-electron chi connectivity index (χ2n) is 5.82. The topological polar surface area (TPSA) is 54.4 Å². The molecule has 0 aliphatic heterocycles. The van der Waals surface area contributed by atoms with E-state index in [0.29, 0.717) is 6.42 Å². The van der Waals surface area contributed by atoms with Gasteiger partial charge in [0.15, 0.2) is 5.78 Å². The maximum Gasteiger partial charge on any atom is 0.303 e. The highest BCUT2D eigenvalue weighted by molar-refractivity contribution is 6.11. The Morgan fingerprint density at radius 1 is 1.17 bits per heavy atom. The molecule has 0 amide bonds. The monoisotopic (exact) mass is 316 g/mol. The molecule has 3 nitrogen and oxygen atoms in total. The van der Waals surface area contributed by atoms with Crippen LogP contribution in [-0.2, 0) is 9.59 Å². The van der Waals surface area contributed by atoms with Crippen LogP contribution in [0.3, 0.4) is 0 Å². The maximum absolute atomic E-state index is 12.2. The van der Waals surface area contributed by atoms with E-state index in [9.17, 15) is 9.59 Å². The van der Waals surface area contributed by atoms with Gasteiger partial charge in [-0.3, -0.25) is 9.59 Å². The standard InChI is InChI=1S/C20H28O3/c1-2-3-4-5-6-9-12-17-15-16-18(20(17)23)13-10-7-8-11-14-19(21)22/h4-5,7,10,13,15H,2-3,6,8-9,11-12,14,16H2,1H3,(H,21,22). The predicted octanol–water partition coefficient (Wildman–Crippen LogP) is 5.15. The van der Waals surface area contributed by atoms with Crippen molar-refractivity contribution in [2.45, 2.75) is 64.7 Å². The number of Topliss-reactive ketones (excluding diaryl/α,β-unsaturated/α-hetero) is 1. The van der Waals surface area contributed by atoms with Crippen molar-refractivity contribution >= 4 is 11.8 Å². The Balaban J connectivity index is 2.26. The first-order chi connectivity index (χ1) is 11.1. The molecular weight excluding hydrogens is 288 g/mol. The van der Waals surface area contributed by atoms with Gasteiger partial charge in [-0.05, 0) is 50.5 Å². The van der Waals surface area contributed by atoms with Gasteiger partial charge < -0.3 is 5.11 Å². The number of carbonyl (C=O) groups is 2. The van der Waals surface area contributed by atoms with Crippen molar-refractivity contribution in [1.82, 2.24) is 0 Å². The van der Waals surface area contributed by atoms with Crippen LogP contribution in [0.2, 0.25) is 0 Å². The molecule has 0 saturated heterocycles. The molecule has 1 N–H and O–H groups in total. The molecule has 0 aromatic carbocycles. The minimum Gasteiger partial charge on any atom is -0.481 e. The molecule has 0 heterocycles. The summed E-state index contributed by atoms with van der Waals surface area (Å²) in [4.78, 5) is 22.6. The largest absolute Gasteiger partial charge is 0.481 e. The fourth-order valence-electron chi connectivity index (χ4n) is 2.45. The summed E-state index contributed by atoms with van der Waals surface area (Å²) in [6.45, 7) is 2.17. The third-order valence-corrected chi connectivity index (χ3v) is 3.79. The van der Waals surface area contributed by atoms with E-state index in [0.717, 1.165) is 49.7 Å². The van der Waals surface area contributed by atoms with Gasteiger partial charge in [0, 0.05) is 12.0 Å². The fourth-order valence-corrected chi connectivity index (χ4v) is 2.45. The number of hydrogen-bond acceptors (Lipinski definition) is 2. The molecule has 0 aromatic heterocycles. The van der Waals surface area contributed by atoms with Crippen LogP contribution >= 0.6 is 0 Å². The highest BCUT2D eigenvalue weighted by Crippen LogP contribution is 2.24. The first-order valence-corrected chi connectivity index (χ1v) is 8.61. The lowest BCUT2D eigenvalue weighted by atomic mass is 10.0. The molecule has 0 bridgehead atoms. The summed E-state index contributed by atoms with van der Waals surface area (Å²) in [7, 11) is 0. The van der Waals surface area contributed by atoms with Crippen molar-refractivity contribution < 1.29 is 14.7 Å². The van der Waals surface area contributed by atoms with Gasteiger partial charge in [-0.1, -0.05) is 49.8 Å². The molecule has 1 rings (SSSR count). The van der Waals surface area contributed by atoms with Crippen LogP contribution in [0.25, 0.3) is 0 Å². The number of unbranched alkanes of at least 4 members (excludes halogenated alkanes) is 3. The van der Waals surface area contributed by atoms with Crippen LogP contribution in [-0.4, -0.2) is 16.9 Å². The molecule has 126 valence electrons. The summed E-state index contributed by atoms with van der Waals surface area (Å²) >= 11 is 0. The Kier molecular flexibility index (Phi) is 9.69. The van der Waals surface area contributed by atoms with Gasteiger partial charge in [0.1, 0.15) is 0 Å². The molecule has 1 aliphatic carbocycles. The molecule has 0 atom stereocenters. The van der Waals surface area contributed by atoms with Gasteiger partial charge >= 0.3 is 5.97 Å². The SMILES string of the molecule is CCCC=CCCCC1=CCC(=CC=CCCCC(=O)O)C1=O. The zero-order valence-electron chi connectivity index (χ0n) is 14.1. The molecule has 0 aromatic rings. The lowest BCUT2D eigenvalue weighted by molar-refractivity contribution is -0.137. The smallest absolute Gasteiger partial charge is 0.303 e. The Hall–Kier alpha value is -1.90. The number of allylic oxidation sites excluding steroid dienone is 8. The highest BCUT2D eigenvalue weighted by Gasteiger charge is 2.19. The molecule has 0 spiro atoms. The second-order valence-corrected chi connectivity index (χ2v) is 5.82. The second kappa shape index (κ2) is 11.6. The molecule has 0 saturated carbocycles. The number of carboxylic acids is 1. The Morgan fingerprint density at radius 2 is 1.91 bits per heavy atom. The molecule has 3 heteroatoms. The first-order valence-electron chi connectivity index (χ1n) is 8.61. The quantitative estimate of drug-likeness (QED) is 0.326. The molecule has 0 radical (unpaired) electrons. The third kappa shape index (κ3) is 8.34. The highest BCUT2D eigenvalue weighted by atomic mass is 16.4. The van der Waals surface area contributed by atoms with Crippen molar-refractivity contribution in [3.63, 3.8) is 0 Å². The number of carbonyl (C=O) groups excluding carboxylic acids is 1. The van der Waals surface area contributed by atoms with E-state index in [1.54, 1.807) is 0 Å². The van der Waals surface area contributed by atoms with Gasteiger partial charge in [-0.2, -0.15) is 0 Å². The normalized spacial score (nSPS) is 16.8. The van der Waals surface area contributed by atoms with Crippen LogP contribution in [0.15, 0.2) is 47.6 Å². The number of hydrogen-bond donors (Lipinski definition) is 1. The van der Waals surface area contributed by atoms with E-state index < -0.39 is 5.97 Å². The van der Waals surface area contributed by atoms with Crippen molar-refractivity contribution in [1.29, 1.82) is 0 Å². The minimum atomic E-state index is -0.763. The van der Waals surface area contributed by atoms with Gasteiger partial charge in [0.25, 0.3) is 0 Å². The average molecular weight is 316 g/mol. The number of ketones is 1. The van der Waals surface area contributed by atoms with Crippen molar-refractivity contribution in [2.75, 3.05) is 0 Å². The average Bonchev–Trinajstić information content (AvgIpc) is 2.87. The van der Waals surface area contributed by atoms with E-state index in [1.165, 1.54) is 6.42 Å².